The highest BCUT2D eigenvalue weighted by molar-refractivity contribution is 4.56. The summed E-state index contributed by atoms with van der Waals surface area (Å²) in [6, 6.07) is 0. The molecule has 0 radical (unpaired) electrons. The van der Waals surface area contributed by atoms with Crippen LogP contribution in [0.25, 0.3) is 0 Å². The molecule has 0 fully saturated rings. The monoisotopic (exact) mass is 198 g/mol. The van der Waals surface area contributed by atoms with Gasteiger partial charge in [-0.15, -0.1) is 0 Å². The predicted octanol–water partition coefficient (Wildman–Crippen LogP) is 5.42. The summed E-state index contributed by atoms with van der Waals surface area (Å²) in [6.45, 7) is 9.33. The lowest BCUT2D eigenvalue weighted by Crippen LogP contribution is -1.97. The lowest BCUT2D eigenvalue weighted by molar-refractivity contribution is 0.414. The zero-order valence-electron chi connectivity index (χ0n) is 10.8. The fourth-order valence-corrected chi connectivity index (χ4v) is 2.00. The van der Waals surface area contributed by atoms with E-state index >= 15 is 0 Å². The minimum absolute atomic E-state index is 0.947. The van der Waals surface area contributed by atoms with Crippen molar-refractivity contribution in [3.8, 4) is 0 Å². The van der Waals surface area contributed by atoms with Crippen molar-refractivity contribution in [2.45, 2.75) is 79.1 Å². The molecule has 0 saturated heterocycles. The Morgan fingerprint density at radius 3 is 1.79 bits per heavy atom. The van der Waals surface area contributed by atoms with Crippen LogP contribution in [-0.4, -0.2) is 0 Å². The molecular formula is C14H30. The molecule has 1 unspecified atom stereocenters. The third kappa shape index (κ3) is 7.41. The highest BCUT2D eigenvalue weighted by Crippen LogP contribution is 2.18. The summed E-state index contributed by atoms with van der Waals surface area (Å²) in [6.07, 6.45) is 11.4. The summed E-state index contributed by atoms with van der Waals surface area (Å²) in [4.78, 5) is 0. The van der Waals surface area contributed by atoms with Gasteiger partial charge in [-0.3, -0.25) is 0 Å². The van der Waals surface area contributed by atoms with E-state index in [1.54, 1.807) is 0 Å². The Hall–Kier alpha value is 0. The maximum Gasteiger partial charge on any atom is -0.0420 e. The fourth-order valence-electron chi connectivity index (χ4n) is 2.00. The summed E-state index contributed by atoms with van der Waals surface area (Å²) in [5.74, 6) is 1.95. The normalized spacial score (nSPS) is 13.5. The van der Waals surface area contributed by atoms with Gasteiger partial charge in [0.05, 0.1) is 0 Å². The van der Waals surface area contributed by atoms with E-state index in [0.29, 0.717) is 0 Å². The molecule has 0 aliphatic rings. The van der Waals surface area contributed by atoms with Crippen LogP contribution in [0.1, 0.15) is 79.1 Å². The van der Waals surface area contributed by atoms with Crippen molar-refractivity contribution in [3.05, 3.63) is 0 Å². The van der Waals surface area contributed by atoms with Gasteiger partial charge >= 0.3 is 0 Å². The van der Waals surface area contributed by atoms with E-state index in [0.717, 1.165) is 11.8 Å². The lowest BCUT2D eigenvalue weighted by Gasteiger charge is -2.12. The Kier molecular flexibility index (Phi) is 9.55. The highest BCUT2D eigenvalue weighted by Gasteiger charge is 2.03. The third-order valence-electron chi connectivity index (χ3n) is 3.66. The molecule has 0 spiro atoms. The quantitative estimate of drug-likeness (QED) is 0.434. The maximum absolute atomic E-state index is 2.38. The van der Waals surface area contributed by atoms with Crippen LogP contribution in [0.5, 0.6) is 0 Å². The summed E-state index contributed by atoms with van der Waals surface area (Å²) < 4.78 is 0. The Morgan fingerprint density at radius 1 is 0.714 bits per heavy atom. The molecule has 0 saturated carbocycles. The van der Waals surface area contributed by atoms with Crippen LogP contribution in [0.4, 0.5) is 0 Å². The van der Waals surface area contributed by atoms with Crippen LogP contribution in [0.3, 0.4) is 0 Å². The first-order valence-corrected chi connectivity index (χ1v) is 6.74. The minimum atomic E-state index is 0.947. The van der Waals surface area contributed by atoms with Crippen molar-refractivity contribution in [3.63, 3.8) is 0 Å². The van der Waals surface area contributed by atoms with Gasteiger partial charge in [-0.2, -0.15) is 0 Å². The molecule has 0 aliphatic carbocycles. The molecule has 0 aliphatic heterocycles. The van der Waals surface area contributed by atoms with Crippen molar-refractivity contribution in [2.24, 2.45) is 11.8 Å². The summed E-state index contributed by atoms with van der Waals surface area (Å²) in [5, 5.41) is 0. The molecule has 0 aromatic heterocycles. The van der Waals surface area contributed by atoms with Gasteiger partial charge in [0.25, 0.3) is 0 Å². The average Bonchev–Trinajstić information content (AvgIpc) is 2.23. The van der Waals surface area contributed by atoms with Crippen LogP contribution >= 0.6 is 0 Å². The second kappa shape index (κ2) is 9.55. The van der Waals surface area contributed by atoms with Gasteiger partial charge in [0.2, 0.25) is 0 Å². The molecule has 0 aromatic rings. The second-order valence-corrected chi connectivity index (χ2v) is 4.83. The molecule has 86 valence electrons. The van der Waals surface area contributed by atoms with Crippen molar-refractivity contribution in [1.29, 1.82) is 0 Å². The van der Waals surface area contributed by atoms with Gasteiger partial charge < -0.3 is 0 Å². The van der Waals surface area contributed by atoms with Crippen molar-refractivity contribution in [2.75, 3.05) is 0 Å². The van der Waals surface area contributed by atoms with Gasteiger partial charge in [0.15, 0.2) is 0 Å². The molecule has 0 bridgehead atoms. The SMILES string of the molecule is CCC(C)CCCCCC(CC)CC. The average molecular weight is 198 g/mol. The van der Waals surface area contributed by atoms with E-state index in [1.807, 2.05) is 0 Å². The second-order valence-electron chi connectivity index (χ2n) is 4.83. The Bertz CT molecular complexity index is 103. The number of rotatable bonds is 9. The third-order valence-corrected chi connectivity index (χ3v) is 3.66. The molecule has 0 N–H and O–H groups in total. The van der Waals surface area contributed by atoms with Crippen molar-refractivity contribution < 1.29 is 0 Å². The van der Waals surface area contributed by atoms with Crippen LogP contribution in [-0.2, 0) is 0 Å². The molecule has 1 atom stereocenters. The number of unbranched alkanes of at least 4 members (excludes halogenated alkanes) is 2. The maximum atomic E-state index is 2.38. The smallest absolute Gasteiger partial charge is 0.0420 e. The molecule has 0 aromatic carbocycles. The first-order chi connectivity index (χ1) is 6.74. The summed E-state index contributed by atoms with van der Waals surface area (Å²) >= 11 is 0. The van der Waals surface area contributed by atoms with Gasteiger partial charge in [0, 0.05) is 0 Å². The topological polar surface area (TPSA) is 0 Å². The molecule has 0 nitrogen and oxygen atoms in total. The summed E-state index contributed by atoms with van der Waals surface area (Å²) in [5.41, 5.74) is 0. The number of hydrogen-bond acceptors (Lipinski definition) is 0. The zero-order chi connectivity index (χ0) is 10.8. The Balaban J connectivity index is 3.20. The van der Waals surface area contributed by atoms with Crippen LogP contribution in [0.15, 0.2) is 0 Å². The lowest BCUT2D eigenvalue weighted by atomic mass is 9.94. The van der Waals surface area contributed by atoms with Crippen LogP contribution in [0.2, 0.25) is 0 Å². The number of hydrogen-bond donors (Lipinski definition) is 0. The Morgan fingerprint density at radius 2 is 1.29 bits per heavy atom. The van der Waals surface area contributed by atoms with Crippen LogP contribution < -0.4 is 0 Å². The standard InChI is InChI=1S/C14H30/c1-5-13(4)11-9-8-10-12-14(6-2)7-3/h13-14H,5-12H2,1-4H3. The molecule has 14 heavy (non-hydrogen) atoms. The van der Waals surface area contributed by atoms with Gasteiger partial charge in [0.1, 0.15) is 0 Å². The van der Waals surface area contributed by atoms with E-state index in [2.05, 4.69) is 27.7 Å². The van der Waals surface area contributed by atoms with E-state index in [1.165, 1.54) is 51.4 Å². The molecule has 0 heteroatoms. The molecular weight excluding hydrogens is 168 g/mol. The van der Waals surface area contributed by atoms with Crippen molar-refractivity contribution in [1.82, 2.24) is 0 Å². The van der Waals surface area contributed by atoms with E-state index in [9.17, 15) is 0 Å². The predicted molar refractivity (Wildman–Crippen MR) is 66.6 cm³/mol. The first kappa shape index (κ1) is 14.0. The Labute approximate surface area is 91.5 Å². The highest BCUT2D eigenvalue weighted by atomic mass is 14.1. The summed E-state index contributed by atoms with van der Waals surface area (Å²) in [7, 11) is 0. The first-order valence-electron chi connectivity index (χ1n) is 6.74. The van der Waals surface area contributed by atoms with E-state index in [4.69, 9.17) is 0 Å². The van der Waals surface area contributed by atoms with Gasteiger partial charge in [-0.1, -0.05) is 79.1 Å². The minimum Gasteiger partial charge on any atom is -0.0651 e. The molecule has 0 rings (SSSR count). The van der Waals surface area contributed by atoms with Crippen molar-refractivity contribution >= 4 is 0 Å². The van der Waals surface area contributed by atoms with E-state index < -0.39 is 0 Å². The van der Waals surface area contributed by atoms with Gasteiger partial charge in [-0.05, 0) is 11.8 Å². The van der Waals surface area contributed by atoms with Crippen LogP contribution in [0, 0.1) is 11.8 Å². The molecule has 0 amide bonds. The zero-order valence-corrected chi connectivity index (χ0v) is 10.8. The van der Waals surface area contributed by atoms with E-state index in [-0.39, 0.29) is 0 Å². The molecule has 0 heterocycles. The largest absolute Gasteiger partial charge is 0.0651 e. The fraction of sp³-hybridized carbons (Fsp3) is 1.00. The van der Waals surface area contributed by atoms with Gasteiger partial charge in [-0.25, -0.2) is 0 Å².